The van der Waals surface area contributed by atoms with E-state index >= 15 is 0 Å². The summed E-state index contributed by atoms with van der Waals surface area (Å²) in [5.41, 5.74) is 0. The predicted molar refractivity (Wildman–Crippen MR) is 392 cm³/mol. The van der Waals surface area contributed by atoms with Crippen molar-refractivity contribution in [3.63, 3.8) is 0 Å². The van der Waals surface area contributed by atoms with Gasteiger partial charge in [-0.3, -0.25) is 13.8 Å². The van der Waals surface area contributed by atoms with E-state index in [0.29, 0.717) is 17.4 Å². The van der Waals surface area contributed by atoms with Crippen molar-refractivity contribution in [1.29, 1.82) is 0 Å². The fraction of sp³-hybridized carbons (Fsp3) is 0.863. The smallest absolute Gasteiger partial charge is 0.387 e. The molecule has 0 rings (SSSR count). The molecule has 3 unspecified atom stereocenters. The molecule has 524 valence electrons. The predicted octanol–water partition coefficient (Wildman–Crippen LogP) is 25.5. The molecular weight excluding hydrogens is 1120 g/mol. The van der Waals surface area contributed by atoms with E-state index in [-0.39, 0.29) is 19.1 Å². The first-order chi connectivity index (χ1) is 43.5. The molecule has 1 amide bonds. The first-order valence-corrected chi connectivity index (χ1v) is 40.7. The van der Waals surface area contributed by atoms with E-state index in [1.54, 1.807) is 6.08 Å². The van der Waals surface area contributed by atoms with Crippen molar-refractivity contribution >= 4 is 13.7 Å². The molecule has 0 heterocycles. The van der Waals surface area contributed by atoms with E-state index in [9.17, 15) is 19.4 Å². The second-order valence-electron chi connectivity index (χ2n) is 28.1. The Labute approximate surface area is 555 Å². The third-order valence-corrected chi connectivity index (χ3v) is 18.9. The minimum atomic E-state index is -4.37. The molecule has 8 nitrogen and oxygen atoms in total. The van der Waals surface area contributed by atoms with Crippen LogP contribution >= 0.6 is 7.82 Å². The van der Waals surface area contributed by atoms with Crippen molar-refractivity contribution in [2.45, 2.75) is 405 Å². The highest BCUT2D eigenvalue weighted by molar-refractivity contribution is 7.47. The highest BCUT2D eigenvalue weighted by Gasteiger charge is 2.28. The molecule has 0 saturated carbocycles. The molecule has 0 saturated heterocycles. The van der Waals surface area contributed by atoms with Gasteiger partial charge in [-0.25, -0.2) is 4.57 Å². The number of quaternary nitrogens is 1. The van der Waals surface area contributed by atoms with Gasteiger partial charge in [0.05, 0.1) is 39.9 Å². The van der Waals surface area contributed by atoms with Crippen molar-refractivity contribution < 1.29 is 32.9 Å². The van der Waals surface area contributed by atoms with Crippen LogP contribution in [0.25, 0.3) is 0 Å². The fourth-order valence-electron chi connectivity index (χ4n) is 11.9. The summed E-state index contributed by atoms with van der Waals surface area (Å²) in [5, 5.41) is 14.0. The van der Waals surface area contributed by atoms with Gasteiger partial charge in [0.15, 0.2) is 0 Å². The van der Waals surface area contributed by atoms with Crippen LogP contribution in [0.3, 0.4) is 0 Å². The molecule has 3 atom stereocenters. The Kier molecular flexibility index (Phi) is 69.1. The lowest BCUT2D eigenvalue weighted by molar-refractivity contribution is -0.870. The molecule has 0 aliphatic rings. The normalized spacial score (nSPS) is 13.8. The molecule has 0 bridgehead atoms. The van der Waals surface area contributed by atoms with E-state index in [1.807, 2.05) is 27.2 Å². The van der Waals surface area contributed by atoms with Gasteiger partial charge < -0.3 is 19.8 Å². The van der Waals surface area contributed by atoms with E-state index in [0.717, 1.165) is 51.4 Å². The van der Waals surface area contributed by atoms with E-state index in [1.165, 1.54) is 321 Å². The number of carbonyl (C=O) groups excluding carboxylic acids is 1. The monoisotopic (exact) mass is 1270 g/mol. The summed E-state index contributed by atoms with van der Waals surface area (Å²) >= 11 is 0. The van der Waals surface area contributed by atoms with E-state index in [2.05, 4.69) is 67.8 Å². The minimum Gasteiger partial charge on any atom is -0.387 e. The first-order valence-electron chi connectivity index (χ1n) is 39.2. The number of hydrogen-bond acceptors (Lipinski definition) is 5. The molecule has 0 aliphatic heterocycles. The van der Waals surface area contributed by atoms with Gasteiger partial charge in [0.25, 0.3) is 0 Å². The summed E-state index contributed by atoms with van der Waals surface area (Å²) in [6.07, 6.45) is 98.4. The van der Waals surface area contributed by atoms with Crippen LogP contribution in [0, 0.1) is 0 Å². The molecule has 0 aromatic heterocycles. The van der Waals surface area contributed by atoms with Gasteiger partial charge in [0, 0.05) is 6.42 Å². The van der Waals surface area contributed by atoms with Crippen LogP contribution in [0.1, 0.15) is 393 Å². The number of rotatable bonds is 73. The Morgan fingerprint density at radius 3 is 0.978 bits per heavy atom. The average Bonchev–Trinajstić information content (AvgIpc) is 3.64. The molecule has 89 heavy (non-hydrogen) atoms. The largest absolute Gasteiger partial charge is 0.472 e. The van der Waals surface area contributed by atoms with Gasteiger partial charge in [-0.05, 0) is 70.6 Å². The summed E-state index contributed by atoms with van der Waals surface area (Å²) in [7, 11) is 1.57. The lowest BCUT2D eigenvalue weighted by Gasteiger charge is -2.25. The van der Waals surface area contributed by atoms with Gasteiger partial charge in [0.1, 0.15) is 13.2 Å². The van der Waals surface area contributed by atoms with Gasteiger partial charge >= 0.3 is 7.82 Å². The number of phosphoric acid groups is 1. The van der Waals surface area contributed by atoms with Crippen LogP contribution in [-0.4, -0.2) is 73.4 Å². The standard InChI is InChI=1S/C80H153N2O6P/c1-6-8-10-12-14-16-18-20-22-24-26-28-30-32-34-36-38-40-41-42-44-46-48-50-52-54-56-58-60-62-64-66-68-70-72-74-80(84)81-78(77-88-89(85,86)87-76-75-82(3,4)5)79(83)73-71-69-67-65-63-61-59-57-55-53-51-49-47-45-43-39-37-35-33-31-29-27-25-23-21-19-17-15-13-11-9-7-2/h18,20,24,26,30,32,63,65,71,73,78-79,83H,6-17,19,21-23,25,27-29,31,33-62,64,66-70,72,74-77H2,1-5H3,(H-,81,84,85,86)/p+1/b20-18-,26-24-,32-30-,65-63+,73-71+. The zero-order valence-electron chi connectivity index (χ0n) is 60.2. The molecule has 0 spiro atoms. The third kappa shape index (κ3) is 73.5. The SMILES string of the molecule is CCCCCCC/C=C\C/C=C\C/C=C\CCCCCCCCCCCCCCCCCCCCCCC(=O)NC(COP(=O)(O)OCC[N+](C)(C)C)C(O)/C=C/CC/C=C/CCCCCCCCCCCCCCCCCCCCCCCCCCCC. The maximum Gasteiger partial charge on any atom is 0.472 e. The number of aliphatic hydroxyl groups excluding tert-OH is 1. The second-order valence-corrected chi connectivity index (χ2v) is 29.5. The second kappa shape index (κ2) is 70.5. The zero-order valence-corrected chi connectivity index (χ0v) is 61.1. The number of nitrogens with zero attached hydrogens (tertiary/aromatic N) is 1. The highest BCUT2D eigenvalue weighted by Crippen LogP contribution is 2.43. The summed E-state index contributed by atoms with van der Waals surface area (Å²) in [6, 6.07) is -0.866. The van der Waals surface area contributed by atoms with Crippen molar-refractivity contribution in [3.05, 3.63) is 60.8 Å². The maximum absolute atomic E-state index is 13.1. The number of carbonyl (C=O) groups is 1. The number of hydrogen-bond donors (Lipinski definition) is 3. The van der Waals surface area contributed by atoms with Crippen LogP contribution in [-0.2, 0) is 18.4 Å². The van der Waals surface area contributed by atoms with Crippen LogP contribution in [0.5, 0.6) is 0 Å². The van der Waals surface area contributed by atoms with Crippen molar-refractivity contribution in [2.24, 2.45) is 0 Å². The summed E-state index contributed by atoms with van der Waals surface area (Å²) in [5.74, 6) is -0.180. The summed E-state index contributed by atoms with van der Waals surface area (Å²) in [6.45, 7) is 4.84. The van der Waals surface area contributed by atoms with Gasteiger partial charge in [-0.2, -0.15) is 0 Å². The molecule has 0 radical (unpaired) electrons. The number of nitrogens with one attached hydrogen (secondary N) is 1. The fourth-order valence-corrected chi connectivity index (χ4v) is 12.6. The molecule has 3 N–H and O–H groups in total. The minimum absolute atomic E-state index is 0.0567. The number of allylic oxidation sites excluding steroid dienone is 9. The molecule has 9 heteroatoms. The van der Waals surface area contributed by atoms with Gasteiger partial charge in [-0.15, -0.1) is 0 Å². The Bertz CT molecular complexity index is 1640. The van der Waals surface area contributed by atoms with Crippen molar-refractivity contribution in [2.75, 3.05) is 40.9 Å². The van der Waals surface area contributed by atoms with Crippen molar-refractivity contribution in [1.82, 2.24) is 5.32 Å². The van der Waals surface area contributed by atoms with Crippen LogP contribution in [0.15, 0.2) is 60.8 Å². The Morgan fingerprint density at radius 2 is 0.652 bits per heavy atom. The first kappa shape index (κ1) is 87.2. The molecule has 0 aromatic carbocycles. The molecular formula is C80H154N2O6P+. The Hall–Kier alpha value is -1.80. The third-order valence-electron chi connectivity index (χ3n) is 18.0. The van der Waals surface area contributed by atoms with Crippen molar-refractivity contribution in [3.8, 4) is 0 Å². The highest BCUT2D eigenvalue weighted by atomic mass is 31.2. The molecule has 0 fully saturated rings. The number of aliphatic hydroxyl groups is 1. The number of phosphoric ester groups is 1. The quantitative estimate of drug-likeness (QED) is 0.0243. The number of unbranched alkanes of at least 4 members (excludes halogenated alkanes) is 52. The molecule has 0 aromatic rings. The lowest BCUT2D eigenvalue weighted by Crippen LogP contribution is -2.45. The average molecular weight is 1270 g/mol. The number of likely N-dealkylation sites (N-methyl/N-ethyl adjacent to an activating group) is 1. The summed E-state index contributed by atoms with van der Waals surface area (Å²) < 4.78 is 23.9. The van der Waals surface area contributed by atoms with Crippen LogP contribution in [0.2, 0.25) is 0 Å². The van der Waals surface area contributed by atoms with E-state index < -0.39 is 20.0 Å². The topological polar surface area (TPSA) is 105 Å². The zero-order chi connectivity index (χ0) is 64.8. The van der Waals surface area contributed by atoms with Crippen LogP contribution < -0.4 is 5.32 Å². The van der Waals surface area contributed by atoms with Gasteiger partial charge in [-0.1, -0.05) is 376 Å². The maximum atomic E-state index is 13.1. The van der Waals surface area contributed by atoms with Crippen LogP contribution in [0.4, 0.5) is 0 Å². The van der Waals surface area contributed by atoms with E-state index in [4.69, 9.17) is 9.05 Å². The Balaban J connectivity index is 4.01. The van der Waals surface area contributed by atoms with Gasteiger partial charge in [0.2, 0.25) is 5.91 Å². The number of amides is 1. The summed E-state index contributed by atoms with van der Waals surface area (Å²) in [4.78, 5) is 23.5. The lowest BCUT2D eigenvalue weighted by atomic mass is 10.0. The Morgan fingerprint density at radius 1 is 0.382 bits per heavy atom. The molecule has 0 aliphatic carbocycles.